The molecule has 5 rings (SSSR count). The molecular weight excluding hydrogens is 344 g/mol. The van der Waals surface area contributed by atoms with Gasteiger partial charge in [-0.05, 0) is 31.0 Å². The van der Waals surface area contributed by atoms with Crippen LogP contribution in [0.25, 0.3) is 28.0 Å². The SMILES string of the molecule is O=[N+]([O-])c1ccc2ncn(-c3nc4ccc(F)c(F)c4n3C3CC3)c2c1. The van der Waals surface area contributed by atoms with E-state index in [-0.39, 0.29) is 17.2 Å². The van der Waals surface area contributed by atoms with Crippen LogP contribution in [0.2, 0.25) is 0 Å². The lowest BCUT2D eigenvalue weighted by Crippen LogP contribution is -2.06. The summed E-state index contributed by atoms with van der Waals surface area (Å²) in [5.41, 5.74) is 1.40. The molecule has 0 unspecified atom stereocenters. The molecular formula is C17H11F2N5O2. The molecule has 1 saturated carbocycles. The number of rotatable bonds is 3. The number of nitro groups is 1. The van der Waals surface area contributed by atoms with Gasteiger partial charge in [-0.1, -0.05) is 0 Å². The smallest absolute Gasteiger partial charge is 0.271 e. The highest BCUT2D eigenvalue weighted by molar-refractivity contribution is 5.82. The van der Waals surface area contributed by atoms with E-state index in [1.807, 2.05) is 0 Å². The molecule has 1 aliphatic rings. The van der Waals surface area contributed by atoms with Crippen molar-refractivity contribution in [3.05, 3.63) is 58.4 Å². The van der Waals surface area contributed by atoms with Gasteiger partial charge in [0, 0.05) is 18.2 Å². The van der Waals surface area contributed by atoms with Crippen LogP contribution in [0.5, 0.6) is 0 Å². The summed E-state index contributed by atoms with van der Waals surface area (Å²) in [5.74, 6) is -1.50. The molecule has 0 atom stereocenters. The van der Waals surface area contributed by atoms with E-state index in [4.69, 9.17) is 0 Å². The highest BCUT2D eigenvalue weighted by atomic mass is 19.2. The zero-order valence-corrected chi connectivity index (χ0v) is 13.3. The third kappa shape index (κ3) is 2.03. The van der Waals surface area contributed by atoms with Crippen molar-refractivity contribution in [3.63, 3.8) is 0 Å². The molecule has 26 heavy (non-hydrogen) atoms. The van der Waals surface area contributed by atoms with Gasteiger partial charge in [0.05, 0.1) is 21.5 Å². The maximum atomic E-state index is 14.4. The first-order valence-electron chi connectivity index (χ1n) is 8.02. The number of hydrogen-bond acceptors (Lipinski definition) is 4. The maximum Gasteiger partial charge on any atom is 0.271 e. The van der Waals surface area contributed by atoms with E-state index in [0.29, 0.717) is 22.5 Å². The standard InChI is InChI=1S/C17H11F2N5O2/c18-11-4-6-13-16(15(11)19)23(9-1-2-9)17(21-13)22-8-20-12-5-3-10(24(25)26)7-14(12)22/h3-9H,1-2H2. The van der Waals surface area contributed by atoms with Gasteiger partial charge in [0.2, 0.25) is 5.95 Å². The number of non-ortho nitro benzene ring substituents is 1. The fourth-order valence-corrected chi connectivity index (χ4v) is 3.23. The van der Waals surface area contributed by atoms with E-state index < -0.39 is 16.6 Å². The van der Waals surface area contributed by atoms with Gasteiger partial charge < -0.3 is 4.57 Å². The second kappa shape index (κ2) is 5.07. The molecule has 0 N–H and O–H groups in total. The highest BCUT2D eigenvalue weighted by Gasteiger charge is 2.31. The fourth-order valence-electron chi connectivity index (χ4n) is 3.23. The Balaban J connectivity index is 1.84. The second-order valence-corrected chi connectivity index (χ2v) is 6.29. The van der Waals surface area contributed by atoms with Crippen molar-refractivity contribution in [2.45, 2.75) is 18.9 Å². The molecule has 4 aromatic rings. The van der Waals surface area contributed by atoms with E-state index in [2.05, 4.69) is 9.97 Å². The lowest BCUT2D eigenvalue weighted by atomic mass is 10.3. The van der Waals surface area contributed by atoms with Crippen LogP contribution in [-0.2, 0) is 0 Å². The molecule has 1 aliphatic carbocycles. The molecule has 7 nitrogen and oxygen atoms in total. The number of nitrogens with zero attached hydrogens (tertiary/aromatic N) is 5. The molecule has 0 radical (unpaired) electrons. The first kappa shape index (κ1) is 14.9. The van der Waals surface area contributed by atoms with Gasteiger partial charge >= 0.3 is 0 Å². The Morgan fingerprint density at radius 2 is 1.92 bits per heavy atom. The van der Waals surface area contributed by atoms with Crippen LogP contribution in [0, 0.1) is 21.7 Å². The zero-order valence-electron chi connectivity index (χ0n) is 13.3. The molecule has 1 fully saturated rings. The fraction of sp³-hybridized carbons (Fsp3) is 0.176. The van der Waals surface area contributed by atoms with Crippen molar-refractivity contribution in [1.29, 1.82) is 0 Å². The summed E-state index contributed by atoms with van der Waals surface area (Å²) in [6.07, 6.45) is 3.16. The molecule has 0 bridgehead atoms. The Kier molecular flexibility index (Phi) is 2.91. The van der Waals surface area contributed by atoms with E-state index in [1.54, 1.807) is 15.2 Å². The predicted octanol–water partition coefficient (Wildman–Crippen LogP) is 3.90. The normalized spacial score (nSPS) is 14.4. The summed E-state index contributed by atoms with van der Waals surface area (Å²) in [6.45, 7) is 0. The van der Waals surface area contributed by atoms with Gasteiger partial charge in [0.15, 0.2) is 11.6 Å². The summed E-state index contributed by atoms with van der Waals surface area (Å²) < 4.78 is 31.4. The second-order valence-electron chi connectivity index (χ2n) is 6.29. The number of imidazole rings is 2. The van der Waals surface area contributed by atoms with Gasteiger partial charge in [-0.25, -0.2) is 18.7 Å². The first-order valence-corrected chi connectivity index (χ1v) is 8.02. The van der Waals surface area contributed by atoms with Gasteiger partial charge in [-0.3, -0.25) is 14.7 Å². The van der Waals surface area contributed by atoms with Crippen molar-refractivity contribution < 1.29 is 13.7 Å². The first-order chi connectivity index (χ1) is 12.5. The molecule has 9 heteroatoms. The molecule has 0 spiro atoms. The minimum absolute atomic E-state index is 0.0162. The molecule has 2 aromatic carbocycles. The Labute approximate surface area is 144 Å². The Morgan fingerprint density at radius 3 is 2.65 bits per heavy atom. The third-order valence-electron chi connectivity index (χ3n) is 4.59. The third-order valence-corrected chi connectivity index (χ3v) is 4.59. The van der Waals surface area contributed by atoms with Crippen LogP contribution in [0.1, 0.15) is 18.9 Å². The number of fused-ring (bicyclic) bond motifs is 2. The summed E-state index contributed by atoms with van der Waals surface area (Å²) in [5, 5.41) is 11.1. The van der Waals surface area contributed by atoms with Crippen molar-refractivity contribution in [3.8, 4) is 5.95 Å². The Morgan fingerprint density at radius 1 is 1.15 bits per heavy atom. The number of halogens is 2. The van der Waals surface area contributed by atoms with Crippen LogP contribution in [0.15, 0.2) is 36.7 Å². The quantitative estimate of drug-likeness (QED) is 0.412. The van der Waals surface area contributed by atoms with Gasteiger partial charge in [-0.2, -0.15) is 0 Å². The average Bonchev–Trinajstić information content (AvgIpc) is 3.26. The molecule has 0 aliphatic heterocycles. The molecule has 2 aromatic heterocycles. The Hall–Kier alpha value is -3.36. The average molecular weight is 355 g/mol. The summed E-state index contributed by atoms with van der Waals surface area (Å²) in [6, 6.07) is 6.81. The largest absolute Gasteiger partial charge is 0.304 e. The summed E-state index contributed by atoms with van der Waals surface area (Å²) in [7, 11) is 0. The minimum Gasteiger partial charge on any atom is -0.304 e. The van der Waals surface area contributed by atoms with Gasteiger partial charge in [0.25, 0.3) is 5.69 Å². The number of nitro benzene ring substituents is 1. The summed E-state index contributed by atoms with van der Waals surface area (Å²) >= 11 is 0. The zero-order chi connectivity index (χ0) is 18.0. The molecule has 0 amide bonds. The number of benzene rings is 2. The monoisotopic (exact) mass is 355 g/mol. The summed E-state index contributed by atoms with van der Waals surface area (Å²) in [4.78, 5) is 19.3. The van der Waals surface area contributed by atoms with Crippen molar-refractivity contribution in [1.82, 2.24) is 19.1 Å². The topological polar surface area (TPSA) is 78.8 Å². The van der Waals surface area contributed by atoms with Gasteiger partial charge in [0.1, 0.15) is 11.8 Å². The molecule has 2 heterocycles. The minimum atomic E-state index is -0.941. The van der Waals surface area contributed by atoms with Crippen LogP contribution < -0.4 is 0 Å². The predicted molar refractivity (Wildman–Crippen MR) is 89.2 cm³/mol. The molecule has 130 valence electrons. The van der Waals surface area contributed by atoms with Crippen LogP contribution in [-0.4, -0.2) is 24.0 Å². The highest BCUT2D eigenvalue weighted by Crippen LogP contribution is 2.41. The Bertz CT molecular complexity index is 1210. The van der Waals surface area contributed by atoms with E-state index in [1.165, 1.54) is 24.5 Å². The van der Waals surface area contributed by atoms with E-state index >= 15 is 0 Å². The van der Waals surface area contributed by atoms with Crippen molar-refractivity contribution in [2.24, 2.45) is 0 Å². The number of aromatic nitrogens is 4. The molecule has 0 saturated heterocycles. The van der Waals surface area contributed by atoms with Crippen LogP contribution in [0.4, 0.5) is 14.5 Å². The number of hydrogen-bond donors (Lipinski definition) is 0. The van der Waals surface area contributed by atoms with Gasteiger partial charge in [-0.15, -0.1) is 0 Å². The van der Waals surface area contributed by atoms with E-state index in [0.717, 1.165) is 18.9 Å². The van der Waals surface area contributed by atoms with Crippen molar-refractivity contribution >= 4 is 27.8 Å². The van der Waals surface area contributed by atoms with E-state index in [9.17, 15) is 18.9 Å². The maximum absolute atomic E-state index is 14.4. The lowest BCUT2D eigenvalue weighted by Gasteiger charge is -2.09. The van der Waals surface area contributed by atoms with Crippen LogP contribution in [0.3, 0.4) is 0 Å². The van der Waals surface area contributed by atoms with Crippen LogP contribution >= 0.6 is 0 Å². The van der Waals surface area contributed by atoms with Crippen molar-refractivity contribution in [2.75, 3.05) is 0 Å². The lowest BCUT2D eigenvalue weighted by molar-refractivity contribution is -0.384.